The third-order valence-electron chi connectivity index (χ3n) is 5.31. The highest BCUT2D eigenvalue weighted by Gasteiger charge is 2.22. The Labute approximate surface area is 180 Å². The molecule has 0 saturated carbocycles. The Morgan fingerprint density at radius 3 is 2.55 bits per heavy atom. The smallest absolute Gasteiger partial charge is 0.407 e. The van der Waals surface area contributed by atoms with Crippen molar-refractivity contribution < 1.29 is 19.4 Å². The Bertz CT molecular complexity index is 1020. The lowest BCUT2D eigenvalue weighted by Gasteiger charge is -2.33. The highest BCUT2D eigenvalue weighted by molar-refractivity contribution is 5.80. The van der Waals surface area contributed by atoms with Crippen LogP contribution in [0.1, 0.15) is 12.8 Å². The standard InChI is InChI=1S/C17H18N6O3.C4H8O/c1-26-16-12(3-2-5-18-16)13-11-19-23-6-4-14(20-15(13)23)21-7-9-22(10-8-21)17(24)25;1-2-4-5-3-1/h2-6,11H,7-10H2,1H3,(H,24,25);1-4H2. The first-order chi connectivity index (χ1) is 15.2. The number of carboxylic acid groups (broad SMARTS) is 1. The van der Waals surface area contributed by atoms with E-state index in [9.17, 15) is 4.79 Å². The van der Waals surface area contributed by atoms with Gasteiger partial charge in [0.25, 0.3) is 0 Å². The normalized spacial score (nSPS) is 16.2. The van der Waals surface area contributed by atoms with Gasteiger partial charge in [0.2, 0.25) is 5.88 Å². The van der Waals surface area contributed by atoms with Gasteiger partial charge in [-0.3, -0.25) is 0 Å². The molecule has 1 N–H and O–H groups in total. The average molecular weight is 426 g/mol. The van der Waals surface area contributed by atoms with Crippen LogP contribution in [0.15, 0.2) is 36.8 Å². The van der Waals surface area contributed by atoms with Crippen molar-refractivity contribution in [1.29, 1.82) is 0 Å². The van der Waals surface area contributed by atoms with E-state index in [1.807, 2.05) is 24.4 Å². The van der Waals surface area contributed by atoms with E-state index in [1.54, 1.807) is 24.0 Å². The van der Waals surface area contributed by atoms with E-state index in [-0.39, 0.29) is 0 Å². The van der Waals surface area contributed by atoms with Crippen molar-refractivity contribution in [3.05, 3.63) is 36.8 Å². The number of methoxy groups -OCH3 is 1. The summed E-state index contributed by atoms with van der Waals surface area (Å²) in [6, 6.07) is 5.65. The Hall–Kier alpha value is -3.40. The third kappa shape index (κ3) is 4.69. The van der Waals surface area contributed by atoms with Crippen LogP contribution in [0.4, 0.5) is 10.6 Å². The van der Waals surface area contributed by atoms with Crippen LogP contribution in [0, 0.1) is 0 Å². The van der Waals surface area contributed by atoms with Gasteiger partial charge in [-0.2, -0.15) is 5.10 Å². The van der Waals surface area contributed by atoms with Gasteiger partial charge in [0.15, 0.2) is 5.65 Å². The molecule has 10 heteroatoms. The van der Waals surface area contributed by atoms with Crippen molar-refractivity contribution in [2.24, 2.45) is 0 Å². The Morgan fingerprint density at radius 2 is 1.90 bits per heavy atom. The zero-order valence-corrected chi connectivity index (χ0v) is 17.5. The first-order valence-corrected chi connectivity index (χ1v) is 10.3. The summed E-state index contributed by atoms with van der Waals surface area (Å²) in [6.07, 6.45) is 6.95. The number of piperazine rings is 1. The van der Waals surface area contributed by atoms with Gasteiger partial charge in [-0.15, -0.1) is 0 Å². The van der Waals surface area contributed by atoms with Gasteiger partial charge in [-0.25, -0.2) is 19.3 Å². The Morgan fingerprint density at radius 1 is 1.13 bits per heavy atom. The fraction of sp³-hybridized carbons (Fsp3) is 0.429. The summed E-state index contributed by atoms with van der Waals surface area (Å²) in [5.74, 6) is 1.32. The second-order valence-corrected chi connectivity index (χ2v) is 7.25. The van der Waals surface area contributed by atoms with Gasteiger partial charge in [0.1, 0.15) is 5.82 Å². The fourth-order valence-electron chi connectivity index (χ4n) is 3.62. The maximum absolute atomic E-state index is 11.1. The van der Waals surface area contributed by atoms with Crippen LogP contribution < -0.4 is 9.64 Å². The monoisotopic (exact) mass is 426 g/mol. The van der Waals surface area contributed by atoms with Gasteiger partial charge < -0.3 is 24.4 Å². The minimum atomic E-state index is -0.880. The summed E-state index contributed by atoms with van der Waals surface area (Å²) in [5.41, 5.74) is 2.36. The highest BCUT2D eigenvalue weighted by atomic mass is 16.5. The molecule has 5 heterocycles. The van der Waals surface area contributed by atoms with E-state index >= 15 is 0 Å². The van der Waals surface area contributed by atoms with Crippen molar-refractivity contribution in [3.63, 3.8) is 0 Å². The predicted molar refractivity (Wildman–Crippen MR) is 115 cm³/mol. The quantitative estimate of drug-likeness (QED) is 0.681. The number of ether oxygens (including phenoxy) is 2. The highest BCUT2D eigenvalue weighted by Crippen LogP contribution is 2.30. The van der Waals surface area contributed by atoms with E-state index in [2.05, 4.69) is 15.0 Å². The van der Waals surface area contributed by atoms with E-state index in [1.165, 1.54) is 17.7 Å². The molecule has 3 aromatic heterocycles. The number of anilines is 1. The Kier molecular flexibility index (Phi) is 6.46. The number of pyridine rings is 1. The summed E-state index contributed by atoms with van der Waals surface area (Å²) in [7, 11) is 1.58. The van der Waals surface area contributed by atoms with Crippen LogP contribution in [0.5, 0.6) is 5.88 Å². The van der Waals surface area contributed by atoms with Crippen LogP contribution >= 0.6 is 0 Å². The largest absolute Gasteiger partial charge is 0.481 e. The molecule has 0 radical (unpaired) electrons. The van der Waals surface area contributed by atoms with Gasteiger partial charge in [-0.1, -0.05) is 0 Å². The number of aromatic nitrogens is 4. The number of rotatable bonds is 3. The number of hydrogen-bond donors (Lipinski definition) is 1. The van der Waals surface area contributed by atoms with E-state index in [0.717, 1.165) is 30.2 Å². The van der Waals surface area contributed by atoms with Crippen LogP contribution in [0.25, 0.3) is 16.8 Å². The number of carbonyl (C=O) groups is 1. The minimum Gasteiger partial charge on any atom is -0.481 e. The first kappa shape index (κ1) is 20.9. The average Bonchev–Trinajstić information content (AvgIpc) is 3.52. The van der Waals surface area contributed by atoms with Crippen LogP contribution in [-0.2, 0) is 4.74 Å². The van der Waals surface area contributed by atoms with Crippen LogP contribution in [0.3, 0.4) is 0 Å². The van der Waals surface area contributed by atoms with Crippen molar-refractivity contribution >= 4 is 17.6 Å². The van der Waals surface area contributed by atoms with E-state index < -0.39 is 6.09 Å². The maximum atomic E-state index is 11.1. The zero-order valence-electron chi connectivity index (χ0n) is 17.5. The fourth-order valence-corrected chi connectivity index (χ4v) is 3.62. The van der Waals surface area contributed by atoms with Gasteiger partial charge in [0.05, 0.1) is 18.9 Å². The van der Waals surface area contributed by atoms with Crippen molar-refractivity contribution in [1.82, 2.24) is 24.5 Å². The maximum Gasteiger partial charge on any atom is 0.407 e. The number of nitrogens with zero attached hydrogens (tertiary/aromatic N) is 6. The molecule has 2 aliphatic rings. The molecule has 0 aliphatic carbocycles. The van der Waals surface area contributed by atoms with Crippen molar-refractivity contribution in [3.8, 4) is 17.0 Å². The molecule has 5 rings (SSSR count). The summed E-state index contributed by atoms with van der Waals surface area (Å²) in [6.45, 7) is 4.14. The molecule has 164 valence electrons. The minimum absolute atomic E-state index is 0.463. The van der Waals surface area contributed by atoms with Gasteiger partial charge in [-0.05, 0) is 31.0 Å². The first-order valence-electron chi connectivity index (χ1n) is 10.3. The molecule has 31 heavy (non-hydrogen) atoms. The van der Waals surface area contributed by atoms with Crippen molar-refractivity contribution in [2.75, 3.05) is 51.4 Å². The second-order valence-electron chi connectivity index (χ2n) is 7.25. The second kappa shape index (κ2) is 9.61. The topological polar surface area (TPSA) is 105 Å². The SMILES string of the molecule is C1CCOC1.COc1ncccc1-c1cnn2ccc(N3CCN(C(=O)O)CC3)nc12. The predicted octanol–water partition coefficient (Wildman–Crippen LogP) is 2.40. The molecule has 0 spiro atoms. The molecule has 0 atom stereocenters. The molecular formula is C21H26N6O4. The van der Waals surface area contributed by atoms with E-state index in [4.69, 9.17) is 19.6 Å². The molecular weight excluding hydrogens is 400 g/mol. The number of hydrogen-bond acceptors (Lipinski definition) is 7. The molecule has 2 aliphatic heterocycles. The van der Waals surface area contributed by atoms with Gasteiger partial charge in [0, 0.05) is 57.3 Å². The lowest BCUT2D eigenvalue weighted by Crippen LogP contribution is -2.48. The molecule has 0 bridgehead atoms. The number of amides is 1. The molecule has 0 unspecified atom stereocenters. The summed E-state index contributed by atoms with van der Waals surface area (Å²) >= 11 is 0. The van der Waals surface area contributed by atoms with Crippen molar-refractivity contribution in [2.45, 2.75) is 12.8 Å². The molecule has 10 nitrogen and oxygen atoms in total. The molecule has 0 aromatic carbocycles. The van der Waals surface area contributed by atoms with Crippen LogP contribution in [-0.4, -0.2) is 82.2 Å². The number of fused-ring (bicyclic) bond motifs is 1. The molecule has 2 fully saturated rings. The van der Waals surface area contributed by atoms with Gasteiger partial charge >= 0.3 is 6.09 Å². The Balaban J connectivity index is 0.000000407. The van der Waals surface area contributed by atoms with Crippen LogP contribution in [0.2, 0.25) is 0 Å². The van der Waals surface area contributed by atoms with E-state index in [0.29, 0.717) is 37.7 Å². The lowest BCUT2D eigenvalue weighted by atomic mass is 10.1. The molecule has 3 aromatic rings. The lowest BCUT2D eigenvalue weighted by molar-refractivity contribution is 0.142. The summed E-state index contributed by atoms with van der Waals surface area (Å²) in [4.78, 5) is 23.6. The molecule has 2 saturated heterocycles. The summed E-state index contributed by atoms with van der Waals surface area (Å²) in [5, 5.41) is 13.4. The zero-order chi connectivity index (χ0) is 21.6. The summed E-state index contributed by atoms with van der Waals surface area (Å²) < 4.78 is 12.0. The molecule has 1 amide bonds. The third-order valence-corrected chi connectivity index (χ3v) is 5.31.